The van der Waals surface area contributed by atoms with Crippen LogP contribution in [0.15, 0.2) is 215 Å². The van der Waals surface area contributed by atoms with Gasteiger partial charge in [-0.15, -0.1) is 0 Å². The Labute approximate surface area is 334 Å². The number of fused-ring (bicyclic) bond motifs is 9. The molecule has 12 aromatic rings. The van der Waals surface area contributed by atoms with Gasteiger partial charge in [-0.25, -0.2) is 0 Å². The zero-order chi connectivity index (χ0) is 38.2. The van der Waals surface area contributed by atoms with Gasteiger partial charge < -0.3 is 18.3 Å². The average molecular weight is 743 g/mol. The largest absolute Gasteiger partial charge is 0.456 e. The van der Waals surface area contributed by atoms with E-state index < -0.39 is 0 Å². The molecule has 0 amide bonds. The number of aromatic nitrogens is 1. The van der Waals surface area contributed by atoms with E-state index in [1.54, 1.807) is 0 Å². The second kappa shape index (κ2) is 12.9. The summed E-state index contributed by atoms with van der Waals surface area (Å²) in [7, 11) is 0. The first-order valence-corrected chi connectivity index (χ1v) is 19.7. The SMILES string of the molecule is c1ccc(-c2ccccc2N(c2cccc3oc4ccccc4c23)c2ccc(-c3cccc(-n4c5ccccc5c5ccccc54)c3)c3oc4ccccc4c23)cc1. The third-order valence-electron chi connectivity index (χ3n) is 11.6. The Hall–Kier alpha value is -7.82. The maximum Gasteiger partial charge on any atom is 0.145 e. The minimum absolute atomic E-state index is 0.837. The van der Waals surface area contributed by atoms with Crippen LogP contribution in [0.25, 0.3) is 93.6 Å². The van der Waals surface area contributed by atoms with Crippen molar-refractivity contribution < 1.29 is 8.83 Å². The Morgan fingerprint density at radius 1 is 0.345 bits per heavy atom. The summed E-state index contributed by atoms with van der Waals surface area (Å²) in [6.07, 6.45) is 0. The van der Waals surface area contributed by atoms with E-state index in [0.29, 0.717) is 0 Å². The van der Waals surface area contributed by atoms with Gasteiger partial charge in [0.15, 0.2) is 0 Å². The van der Waals surface area contributed by atoms with Crippen molar-refractivity contribution in [2.24, 2.45) is 0 Å². The molecule has 0 aliphatic rings. The van der Waals surface area contributed by atoms with Gasteiger partial charge in [0.1, 0.15) is 22.3 Å². The normalized spacial score (nSPS) is 11.8. The van der Waals surface area contributed by atoms with E-state index in [1.807, 2.05) is 18.2 Å². The predicted molar refractivity (Wildman–Crippen MR) is 241 cm³/mol. The van der Waals surface area contributed by atoms with Crippen LogP contribution in [0.2, 0.25) is 0 Å². The lowest BCUT2D eigenvalue weighted by Crippen LogP contribution is -2.12. The van der Waals surface area contributed by atoms with Crippen molar-refractivity contribution in [3.8, 4) is 27.9 Å². The van der Waals surface area contributed by atoms with Crippen LogP contribution >= 0.6 is 0 Å². The highest BCUT2D eigenvalue weighted by Gasteiger charge is 2.26. The predicted octanol–water partition coefficient (Wildman–Crippen LogP) is 15.4. The first-order valence-electron chi connectivity index (χ1n) is 19.7. The zero-order valence-corrected chi connectivity index (χ0v) is 31.3. The first-order chi connectivity index (χ1) is 28.8. The Kier molecular flexibility index (Phi) is 7.20. The Morgan fingerprint density at radius 3 is 1.67 bits per heavy atom. The Morgan fingerprint density at radius 2 is 0.897 bits per heavy atom. The van der Waals surface area contributed by atoms with Crippen molar-refractivity contribution in [3.63, 3.8) is 0 Å². The van der Waals surface area contributed by atoms with Gasteiger partial charge in [0.05, 0.1) is 38.9 Å². The summed E-state index contributed by atoms with van der Waals surface area (Å²) in [5.74, 6) is 0. The maximum atomic E-state index is 6.98. The van der Waals surface area contributed by atoms with Gasteiger partial charge in [-0.1, -0.05) is 140 Å². The number of furan rings is 2. The van der Waals surface area contributed by atoms with E-state index in [2.05, 4.69) is 198 Å². The molecule has 272 valence electrons. The van der Waals surface area contributed by atoms with Crippen molar-refractivity contribution in [2.75, 3.05) is 4.90 Å². The van der Waals surface area contributed by atoms with Crippen LogP contribution in [0.3, 0.4) is 0 Å². The van der Waals surface area contributed by atoms with Crippen LogP contribution in [0.5, 0.6) is 0 Å². The number of nitrogens with zero attached hydrogens (tertiary/aromatic N) is 2. The number of hydrogen-bond acceptors (Lipinski definition) is 3. The summed E-state index contributed by atoms with van der Waals surface area (Å²) < 4.78 is 15.8. The van der Waals surface area contributed by atoms with E-state index in [0.717, 1.165) is 88.9 Å². The molecule has 0 fully saturated rings. The van der Waals surface area contributed by atoms with E-state index in [9.17, 15) is 0 Å². The van der Waals surface area contributed by atoms with Gasteiger partial charge in [0, 0.05) is 38.4 Å². The molecule has 4 heteroatoms. The molecule has 0 atom stereocenters. The lowest BCUT2D eigenvalue weighted by Gasteiger charge is -2.29. The highest BCUT2D eigenvalue weighted by atomic mass is 16.3. The molecule has 0 radical (unpaired) electrons. The van der Waals surface area contributed by atoms with Crippen LogP contribution in [0, 0.1) is 0 Å². The summed E-state index contributed by atoms with van der Waals surface area (Å²) >= 11 is 0. The quantitative estimate of drug-likeness (QED) is 0.170. The molecular weight excluding hydrogens is 709 g/mol. The molecule has 0 saturated carbocycles. The van der Waals surface area contributed by atoms with Crippen LogP contribution in [0.4, 0.5) is 17.1 Å². The van der Waals surface area contributed by atoms with Gasteiger partial charge in [0.25, 0.3) is 0 Å². The Balaban J connectivity index is 1.15. The average Bonchev–Trinajstić information content (AvgIpc) is 3.98. The van der Waals surface area contributed by atoms with Crippen molar-refractivity contribution in [1.82, 2.24) is 4.57 Å². The molecule has 9 aromatic carbocycles. The molecule has 0 aliphatic heterocycles. The van der Waals surface area contributed by atoms with E-state index in [1.165, 1.54) is 21.8 Å². The monoisotopic (exact) mass is 742 g/mol. The lowest BCUT2D eigenvalue weighted by molar-refractivity contribution is 0.669. The minimum atomic E-state index is 0.837. The summed E-state index contributed by atoms with van der Waals surface area (Å²) in [5, 5.41) is 6.71. The fraction of sp³-hybridized carbons (Fsp3) is 0. The van der Waals surface area contributed by atoms with Crippen molar-refractivity contribution >= 4 is 82.7 Å². The summed E-state index contributed by atoms with van der Waals surface area (Å²) in [4.78, 5) is 2.41. The molecule has 3 aromatic heterocycles. The summed E-state index contributed by atoms with van der Waals surface area (Å²) in [6, 6.07) is 73.1. The number of rotatable bonds is 6. The van der Waals surface area contributed by atoms with Crippen molar-refractivity contribution in [3.05, 3.63) is 206 Å². The van der Waals surface area contributed by atoms with Crippen LogP contribution in [-0.2, 0) is 0 Å². The standard InChI is InChI=1S/C54H34N2O2/c1-2-16-35(17-3-1)38-20-4-9-25-44(38)56(47-28-15-31-51-52(47)42-23-7-12-29-49(42)57-51)48-33-32-39(54-53(48)43-24-8-13-30-50(43)58-54)36-18-14-19-37(34-36)55-45-26-10-5-21-40(45)41-22-6-11-27-46(41)55/h1-34H. The summed E-state index contributed by atoms with van der Waals surface area (Å²) in [6.45, 7) is 0. The maximum absolute atomic E-state index is 6.98. The molecule has 0 N–H and O–H groups in total. The van der Waals surface area contributed by atoms with Crippen LogP contribution in [-0.4, -0.2) is 4.57 Å². The molecule has 4 nitrogen and oxygen atoms in total. The lowest BCUT2D eigenvalue weighted by atomic mass is 9.97. The second-order valence-corrected chi connectivity index (χ2v) is 14.8. The van der Waals surface area contributed by atoms with Gasteiger partial charge >= 0.3 is 0 Å². The van der Waals surface area contributed by atoms with Gasteiger partial charge in [-0.3, -0.25) is 0 Å². The molecular formula is C54H34N2O2. The van der Waals surface area contributed by atoms with Crippen molar-refractivity contribution in [2.45, 2.75) is 0 Å². The zero-order valence-electron chi connectivity index (χ0n) is 31.3. The molecule has 0 saturated heterocycles. The molecule has 0 aliphatic carbocycles. The molecule has 0 spiro atoms. The van der Waals surface area contributed by atoms with Crippen LogP contribution < -0.4 is 4.90 Å². The Bertz CT molecular complexity index is 3480. The van der Waals surface area contributed by atoms with E-state index >= 15 is 0 Å². The smallest absolute Gasteiger partial charge is 0.145 e. The van der Waals surface area contributed by atoms with Gasteiger partial charge in [-0.05, 0) is 77.9 Å². The van der Waals surface area contributed by atoms with E-state index in [-0.39, 0.29) is 0 Å². The van der Waals surface area contributed by atoms with Crippen LogP contribution in [0.1, 0.15) is 0 Å². The molecule has 3 heterocycles. The third kappa shape index (κ3) is 4.88. The minimum Gasteiger partial charge on any atom is -0.456 e. The number of hydrogen-bond donors (Lipinski definition) is 0. The second-order valence-electron chi connectivity index (χ2n) is 14.8. The fourth-order valence-electron chi connectivity index (χ4n) is 9.10. The number of para-hydroxylation sites is 5. The molecule has 0 bridgehead atoms. The van der Waals surface area contributed by atoms with Gasteiger partial charge in [0.2, 0.25) is 0 Å². The highest BCUT2D eigenvalue weighted by Crippen LogP contribution is 2.50. The molecule has 58 heavy (non-hydrogen) atoms. The summed E-state index contributed by atoms with van der Waals surface area (Å²) in [5.41, 5.74) is 14.3. The van der Waals surface area contributed by atoms with Crippen molar-refractivity contribution in [1.29, 1.82) is 0 Å². The third-order valence-corrected chi connectivity index (χ3v) is 11.6. The molecule has 0 unspecified atom stereocenters. The van der Waals surface area contributed by atoms with E-state index in [4.69, 9.17) is 8.83 Å². The topological polar surface area (TPSA) is 34.5 Å². The molecule has 12 rings (SSSR count). The highest BCUT2D eigenvalue weighted by molar-refractivity contribution is 6.20. The fourth-order valence-corrected chi connectivity index (χ4v) is 9.10. The van der Waals surface area contributed by atoms with Gasteiger partial charge in [-0.2, -0.15) is 0 Å². The number of benzene rings is 9. The first kappa shape index (κ1) is 32.4. The number of anilines is 3.